The van der Waals surface area contributed by atoms with Crippen molar-refractivity contribution in [3.05, 3.63) is 53.3 Å². The summed E-state index contributed by atoms with van der Waals surface area (Å²) in [4.78, 5) is 23.4. The van der Waals surface area contributed by atoms with Crippen LogP contribution in [-0.2, 0) is 14.3 Å². The van der Waals surface area contributed by atoms with Crippen molar-refractivity contribution in [1.29, 1.82) is 0 Å². The monoisotopic (exact) mass is 272 g/mol. The van der Waals surface area contributed by atoms with Crippen LogP contribution in [0.1, 0.15) is 12.2 Å². The number of carbonyl (C=O) groups excluding carboxylic acids is 2. The number of furan rings is 1. The van der Waals surface area contributed by atoms with Gasteiger partial charge in [0.1, 0.15) is 11.9 Å². The minimum Gasteiger partial charge on any atom is -0.492 e. The average Bonchev–Trinajstić information content (AvgIpc) is 3.18. The second-order valence-corrected chi connectivity index (χ2v) is 4.40. The molecule has 20 heavy (non-hydrogen) atoms. The van der Waals surface area contributed by atoms with E-state index >= 15 is 0 Å². The molecule has 1 aromatic rings. The quantitative estimate of drug-likeness (QED) is 0.628. The number of rotatable bonds is 3. The van der Waals surface area contributed by atoms with Gasteiger partial charge in [0.2, 0.25) is 0 Å². The molecular weight excluding hydrogens is 260 g/mol. The first-order valence-electron chi connectivity index (χ1n) is 6.07. The van der Waals surface area contributed by atoms with Crippen LogP contribution in [0.25, 0.3) is 5.70 Å². The number of hydrogen-bond acceptors (Lipinski definition) is 5. The first-order chi connectivity index (χ1) is 9.72. The fraction of sp³-hybridized carbons (Fsp3) is 0.143. The van der Waals surface area contributed by atoms with Crippen molar-refractivity contribution in [1.82, 2.24) is 5.32 Å². The van der Waals surface area contributed by atoms with Gasteiger partial charge >= 0.3 is 0 Å². The normalized spacial score (nSPS) is 23.8. The maximum Gasteiger partial charge on any atom is 0.258 e. The molecule has 3 heterocycles. The van der Waals surface area contributed by atoms with Gasteiger partial charge in [0.15, 0.2) is 6.29 Å². The van der Waals surface area contributed by atoms with E-state index in [2.05, 4.69) is 5.32 Å². The second kappa shape index (κ2) is 4.73. The molecule has 0 fully saturated rings. The second-order valence-electron chi connectivity index (χ2n) is 4.40. The van der Waals surface area contributed by atoms with Crippen molar-refractivity contribution in [2.24, 2.45) is 5.73 Å². The third-order valence-corrected chi connectivity index (χ3v) is 3.22. The van der Waals surface area contributed by atoms with Gasteiger partial charge in [-0.25, -0.2) is 0 Å². The summed E-state index contributed by atoms with van der Waals surface area (Å²) < 4.78 is 10.5. The summed E-state index contributed by atoms with van der Waals surface area (Å²) in [5, 5.41) is 2.65. The fourth-order valence-electron chi connectivity index (χ4n) is 2.28. The van der Waals surface area contributed by atoms with Crippen LogP contribution in [-0.4, -0.2) is 18.3 Å². The predicted molar refractivity (Wildman–Crippen MR) is 69.7 cm³/mol. The summed E-state index contributed by atoms with van der Waals surface area (Å²) in [5.74, 6) is -0.0762. The van der Waals surface area contributed by atoms with Crippen molar-refractivity contribution in [3.8, 4) is 0 Å². The highest BCUT2D eigenvalue weighted by Crippen LogP contribution is 2.30. The molecule has 1 unspecified atom stereocenters. The van der Waals surface area contributed by atoms with E-state index in [0.717, 1.165) is 0 Å². The fourth-order valence-corrected chi connectivity index (χ4v) is 2.28. The highest BCUT2D eigenvalue weighted by Gasteiger charge is 2.35. The molecule has 0 aromatic carbocycles. The number of hydrogen-bond donors (Lipinski definition) is 2. The van der Waals surface area contributed by atoms with Gasteiger partial charge in [-0.05, 0) is 18.2 Å². The zero-order chi connectivity index (χ0) is 14.1. The third-order valence-electron chi connectivity index (χ3n) is 3.22. The summed E-state index contributed by atoms with van der Waals surface area (Å²) in [5.41, 5.74) is 6.86. The summed E-state index contributed by atoms with van der Waals surface area (Å²) in [7, 11) is 0. The lowest BCUT2D eigenvalue weighted by atomic mass is 10.0. The van der Waals surface area contributed by atoms with Gasteiger partial charge in [-0.1, -0.05) is 0 Å². The number of nitrogens with two attached hydrogens (primary N) is 1. The van der Waals surface area contributed by atoms with Crippen LogP contribution in [0.15, 0.2) is 52.0 Å². The summed E-state index contributed by atoms with van der Waals surface area (Å²) in [6.45, 7) is 0. The predicted octanol–water partition coefficient (Wildman–Crippen LogP) is 0.835. The molecule has 1 atom stereocenters. The van der Waals surface area contributed by atoms with Crippen molar-refractivity contribution in [2.75, 3.05) is 0 Å². The Labute approximate surface area is 114 Å². The molecule has 3 rings (SSSR count). The van der Waals surface area contributed by atoms with Crippen molar-refractivity contribution < 1.29 is 18.7 Å². The van der Waals surface area contributed by atoms with E-state index in [4.69, 9.17) is 14.9 Å². The minimum atomic E-state index is -0.425. The number of amides is 1. The molecule has 0 aliphatic carbocycles. The lowest BCUT2D eigenvalue weighted by molar-refractivity contribution is -0.116. The van der Waals surface area contributed by atoms with Crippen LogP contribution >= 0.6 is 0 Å². The van der Waals surface area contributed by atoms with E-state index in [9.17, 15) is 9.59 Å². The van der Waals surface area contributed by atoms with Crippen molar-refractivity contribution >= 4 is 17.9 Å². The van der Waals surface area contributed by atoms with E-state index in [1.54, 1.807) is 18.4 Å². The van der Waals surface area contributed by atoms with Crippen LogP contribution < -0.4 is 11.1 Å². The molecule has 0 saturated heterocycles. The van der Waals surface area contributed by atoms with Gasteiger partial charge in [-0.3, -0.25) is 9.59 Å². The van der Waals surface area contributed by atoms with Gasteiger partial charge in [0, 0.05) is 6.42 Å². The third kappa shape index (κ3) is 1.82. The zero-order valence-electron chi connectivity index (χ0n) is 10.5. The molecule has 0 spiro atoms. The molecule has 6 nitrogen and oxygen atoms in total. The molecule has 6 heteroatoms. The number of nitrogens with one attached hydrogen (secondary N) is 1. The standard InChI is InChI=1S/C14H12N2O4/c15-12(9-3-1-5-19-9)11-8(7-17)13(16-14(11)18)10-4-2-6-20-10/h1-3,5-7,10H,4,15H2,(H,16,18)/b12-11+. The summed E-state index contributed by atoms with van der Waals surface area (Å²) >= 11 is 0. The number of ether oxygens (including phenoxy) is 1. The van der Waals surface area contributed by atoms with E-state index in [1.165, 1.54) is 6.26 Å². The Morgan fingerprint density at radius 3 is 2.95 bits per heavy atom. The lowest BCUT2D eigenvalue weighted by Gasteiger charge is -2.11. The Balaban J connectivity index is 2.08. The molecule has 3 N–H and O–H groups in total. The maximum atomic E-state index is 12.1. The van der Waals surface area contributed by atoms with Gasteiger partial charge < -0.3 is 20.2 Å². The van der Waals surface area contributed by atoms with E-state index in [-0.39, 0.29) is 22.9 Å². The maximum absolute atomic E-state index is 12.1. The van der Waals surface area contributed by atoms with Crippen LogP contribution in [0.4, 0.5) is 0 Å². The minimum absolute atomic E-state index is 0.125. The summed E-state index contributed by atoms with van der Waals surface area (Å²) in [6.07, 6.45) is 5.67. The molecule has 2 aliphatic rings. The number of aldehydes is 1. The molecule has 1 amide bonds. The Hall–Kier alpha value is -2.76. The average molecular weight is 272 g/mol. The topological polar surface area (TPSA) is 94.6 Å². The molecule has 0 radical (unpaired) electrons. The van der Waals surface area contributed by atoms with Crippen LogP contribution in [0.2, 0.25) is 0 Å². The summed E-state index contributed by atoms with van der Waals surface area (Å²) in [6, 6.07) is 3.29. The SMILES string of the molecule is N/C(=C1/C(=O)NC(C2CC=CO2)=C1C=O)c1ccco1. The smallest absolute Gasteiger partial charge is 0.258 e. The zero-order valence-corrected chi connectivity index (χ0v) is 10.5. The van der Waals surface area contributed by atoms with E-state index < -0.39 is 5.91 Å². The van der Waals surface area contributed by atoms with Crippen molar-refractivity contribution in [3.63, 3.8) is 0 Å². The molecule has 0 bridgehead atoms. The first kappa shape index (κ1) is 12.3. The Morgan fingerprint density at radius 2 is 2.35 bits per heavy atom. The Morgan fingerprint density at radius 1 is 1.50 bits per heavy atom. The van der Waals surface area contributed by atoms with Crippen molar-refractivity contribution in [2.45, 2.75) is 12.5 Å². The molecule has 0 saturated carbocycles. The number of carbonyl (C=O) groups is 2. The molecule has 102 valence electrons. The Kier molecular flexibility index (Phi) is 2.90. The highest BCUT2D eigenvalue weighted by molar-refractivity contribution is 6.14. The van der Waals surface area contributed by atoms with Gasteiger partial charge in [0.05, 0.1) is 35.1 Å². The van der Waals surface area contributed by atoms with Crippen LogP contribution in [0.5, 0.6) is 0 Å². The molecular formula is C14H12N2O4. The van der Waals surface area contributed by atoms with Gasteiger partial charge in [-0.15, -0.1) is 0 Å². The highest BCUT2D eigenvalue weighted by atomic mass is 16.5. The van der Waals surface area contributed by atoms with Gasteiger partial charge in [-0.2, -0.15) is 0 Å². The van der Waals surface area contributed by atoms with Crippen LogP contribution in [0, 0.1) is 0 Å². The molecule has 1 aromatic heterocycles. The lowest BCUT2D eigenvalue weighted by Crippen LogP contribution is -2.24. The first-order valence-corrected chi connectivity index (χ1v) is 6.07. The Bertz CT molecular complexity index is 645. The van der Waals surface area contributed by atoms with E-state index in [1.807, 2.05) is 6.08 Å². The van der Waals surface area contributed by atoms with E-state index in [0.29, 0.717) is 24.2 Å². The van der Waals surface area contributed by atoms with Gasteiger partial charge in [0.25, 0.3) is 5.91 Å². The van der Waals surface area contributed by atoms with Crippen LogP contribution in [0.3, 0.4) is 0 Å². The largest absolute Gasteiger partial charge is 0.492 e. The molecule has 2 aliphatic heterocycles.